The molecule has 5 rings (SSSR count). The van der Waals surface area contributed by atoms with Gasteiger partial charge in [0.1, 0.15) is 0 Å². The summed E-state index contributed by atoms with van der Waals surface area (Å²) in [5.41, 5.74) is 5.98. The quantitative estimate of drug-likeness (QED) is 0.432. The van der Waals surface area contributed by atoms with E-state index in [9.17, 15) is 4.79 Å². The van der Waals surface area contributed by atoms with E-state index in [1.165, 1.54) is 16.5 Å². The van der Waals surface area contributed by atoms with Gasteiger partial charge in [0.2, 0.25) is 0 Å². The van der Waals surface area contributed by atoms with Gasteiger partial charge in [0.25, 0.3) is 0 Å². The molecule has 0 fully saturated rings. The van der Waals surface area contributed by atoms with Gasteiger partial charge >= 0.3 is 5.97 Å². The molecule has 2 aromatic carbocycles. The Labute approximate surface area is 187 Å². The minimum absolute atomic E-state index is 0.339. The Kier molecular flexibility index (Phi) is 5.69. The van der Waals surface area contributed by atoms with Crippen molar-refractivity contribution in [1.82, 2.24) is 19.7 Å². The van der Waals surface area contributed by atoms with Gasteiger partial charge in [-0.3, -0.25) is 14.6 Å². The largest absolute Gasteiger partial charge is 0.461 e. The van der Waals surface area contributed by atoms with Gasteiger partial charge in [0, 0.05) is 48.9 Å². The first-order valence-electron chi connectivity index (χ1n) is 11.1. The summed E-state index contributed by atoms with van der Waals surface area (Å²) in [6, 6.07) is 20.6. The number of hydrogen-bond acceptors (Lipinski definition) is 5. The van der Waals surface area contributed by atoms with Crippen LogP contribution in [0, 0.1) is 0 Å². The summed E-state index contributed by atoms with van der Waals surface area (Å²) in [6.45, 7) is 5.20. The van der Waals surface area contributed by atoms with Gasteiger partial charge in [0.05, 0.1) is 18.7 Å². The predicted molar refractivity (Wildman–Crippen MR) is 123 cm³/mol. The molecule has 0 spiro atoms. The maximum Gasteiger partial charge on any atom is 0.359 e. The zero-order chi connectivity index (χ0) is 21.9. The van der Waals surface area contributed by atoms with E-state index in [1.54, 1.807) is 0 Å². The van der Waals surface area contributed by atoms with E-state index in [1.807, 2.05) is 48.1 Å². The third kappa shape index (κ3) is 4.01. The SMILES string of the molecule is CCOC(=O)c1nn(Cc2ccccc2)c2c1CN(Cc1cccc3ncccc13)CC2. The van der Waals surface area contributed by atoms with Gasteiger partial charge in [-0.1, -0.05) is 48.5 Å². The number of hydrogen-bond donors (Lipinski definition) is 0. The van der Waals surface area contributed by atoms with E-state index in [0.717, 1.165) is 36.3 Å². The highest BCUT2D eigenvalue weighted by molar-refractivity contribution is 5.89. The van der Waals surface area contributed by atoms with E-state index in [2.05, 4.69) is 40.2 Å². The van der Waals surface area contributed by atoms with Crippen LogP contribution in [0.4, 0.5) is 0 Å². The van der Waals surface area contributed by atoms with Crippen molar-refractivity contribution in [2.75, 3.05) is 13.2 Å². The number of carbonyl (C=O) groups is 1. The smallest absolute Gasteiger partial charge is 0.359 e. The lowest BCUT2D eigenvalue weighted by Gasteiger charge is -2.28. The van der Waals surface area contributed by atoms with Gasteiger partial charge in [-0.25, -0.2) is 4.79 Å². The molecule has 0 unspecified atom stereocenters. The van der Waals surface area contributed by atoms with Gasteiger partial charge in [-0.05, 0) is 30.2 Å². The van der Waals surface area contributed by atoms with Crippen molar-refractivity contribution in [2.24, 2.45) is 0 Å². The molecular formula is C26H26N4O2. The highest BCUT2D eigenvalue weighted by Gasteiger charge is 2.29. The molecule has 0 amide bonds. The fourth-order valence-corrected chi connectivity index (χ4v) is 4.48. The van der Waals surface area contributed by atoms with Gasteiger partial charge in [0.15, 0.2) is 5.69 Å². The molecule has 0 radical (unpaired) electrons. The lowest BCUT2D eigenvalue weighted by molar-refractivity contribution is 0.0515. The van der Waals surface area contributed by atoms with Crippen molar-refractivity contribution in [3.05, 3.63) is 94.9 Å². The van der Waals surface area contributed by atoms with Crippen LogP contribution in [0.3, 0.4) is 0 Å². The number of fused-ring (bicyclic) bond motifs is 2. The summed E-state index contributed by atoms with van der Waals surface area (Å²) in [4.78, 5) is 19.6. The minimum atomic E-state index is -0.341. The van der Waals surface area contributed by atoms with Crippen LogP contribution in [0.5, 0.6) is 0 Å². The zero-order valence-corrected chi connectivity index (χ0v) is 18.2. The highest BCUT2D eigenvalue weighted by atomic mass is 16.5. The summed E-state index contributed by atoms with van der Waals surface area (Å²) in [5.74, 6) is -0.341. The van der Waals surface area contributed by atoms with Crippen LogP contribution in [0.25, 0.3) is 10.9 Å². The molecule has 0 N–H and O–H groups in total. The van der Waals surface area contributed by atoms with Crippen molar-refractivity contribution < 1.29 is 9.53 Å². The van der Waals surface area contributed by atoms with Crippen LogP contribution in [0.1, 0.15) is 39.8 Å². The standard InChI is InChI=1S/C26H26N4O2/c1-2-32-26(31)25-22-18-29(17-20-10-6-12-23-21(20)11-7-14-27-23)15-13-24(22)30(28-25)16-19-8-4-3-5-9-19/h3-12,14H,2,13,15-18H2,1H3. The van der Waals surface area contributed by atoms with Crippen LogP contribution < -0.4 is 0 Å². The summed E-state index contributed by atoms with van der Waals surface area (Å²) < 4.78 is 7.31. The third-order valence-corrected chi connectivity index (χ3v) is 5.99. The number of nitrogens with zero attached hydrogens (tertiary/aromatic N) is 4. The molecule has 1 aliphatic heterocycles. The number of benzene rings is 2. The molecule has 1 aliphatic rings. The number of ether oxygens (including phenoxy) is 1. The lowest BCUT2D eigenvalue weighted by atomic mass is 10.0. The Morgan fingerprint density at radius 2 is 1.91 bits per heavy atom. The Hall–Kier alpha value is -3.51. The maximum absolute atomic E-state index is 12.7. The molecule has 32 heavy (non-hydrogen) atoms. The van der Waals surface area contributed by atoms with Crippen molar-refractivity contribution in [2.45, 2.75) is 33.0 Å². The molecule has 3 heterocycles. The molecule has 6 nitrogen and oxygen atoms in total. The second-order valence-corrected chi connectivity index (χ2v) is 8.09. The maximum atomic E-state index is 12.7. The summed E-state index contributed by atoms with van der Waals surface area (Å²) in [6.07, 6.45) is 2.67. The molecule has 0 aliphatic carbocycles. The average molecular weight is 427 g/mol. The molecule has 0 saturated carbocycles. The van der Waals surface area contributed by atoms with Crippen LogP contribution in [-0.4, -0.2) is 38.8 Å². The van der Waals surface area contributed by atoms with Crippen LogP contribution in [-0.2, 0) is 30.8 Å². The topological polar surface area (TPSA) is 60.2 Å². The van der Waals surface area contributed by atoms with E-state index in [0.29, 0.717) is 25.4 Å². The van der Waals surface area contributed by atoms with Crippen molar-refractivity contribution in [3.8, 4) is 0 Å². The molecule has 4 aromatic rings. The second-order valence-electron chi connectivity index (χ2n) is 8.09. The predicted octanol–water partition coefficient (Wildman–Crippen LogP) is 4.21. The molecule has 0 bridgehead atoms. The van der Waals surface area contributed by atoms with Gasteiger partial charge in [-0.15, -0.1) is 0 Å². The van der Waals surface area contributed by atoms with Crippen molar-refractivity contribution in [1.29, 1.82) is 0 Å². The Balaban J connectivity index is 1.45. The summed E-state index contributed by atoms with van der Waals surface area (Å²) in [5, 5.41) is 5.87. The zero-order valence-electron chi connectivity index (χ0n) is 18.2. The first kappa shape index (κ1) is 20.4. The van der Waals surface area contributed by atoms with E-state index >= 15 is 0 Å². The minimum Gasteiger partial charge on any atom is -0.461 e. The van der Waals surface area contributed by atoms with Gasteiger partial charge < -0.3 is 4.74 Å². The Bertz CT molecular complexity index is 1240. The van der Waals surface area contributed by atoms with E-state index in [-0.39, 0.29) is 5.97 Å². The first-order chi connectivity index (χ1) is 15.7. The fourth-order valence-electron chi connectivity index (χ4n) is 4.48. The monoisotopic (exact) mass is 426 g/mol. The number of aromatic nitrogens is 3. The molecule has 6 heteroatoms. The molecular weight excluding hydrogens is 400 g/mol. The van der Waals surface area contributed by atoms with Crippen LogP contribution in [0.2, 0.25) is 0 Å². The van der Waals surface area contributed by atoms with Crippen LogP contribution in [0.15, 0.2) is 66.9 Å². The Morgan fingerprint density at radius 1 is 1.03 bits per heavy atom. The van der Waals surface area contributed by atoms with Gasteiger partial charge in [-0.2, -0.15) is 5.10 Å². The first-order valence-corrected chi connectivity index (χ1v) is 11.1. The fraction of sp³-hybridized carbons (Fsp3) is 0.269. The lowest BCUT2D eigenvalue weighted by Crippen LogP contribution is -2.31. The molecule has 0 saturated heterocycles. The number of rotatable bonds is 6. The van der Waals surface area contributed by atoms with Crippen LogP contribution >= 0.6 is 0 Å². The molecule has 2 aromatic heterocycles. The highest BCUT2D eigenvalue weighted by Crippen LogP contribution is 2.27. The number of pyridine rings is 1. The second kappa shape index (κ2) is 8.93. The molecule has 0 atom stereocenters. The van der Waals surface area contributed by atoms with Crippen molar-refractivity contribution in [3.63, 3.8) is 0 Å². The number of esters is 1. The average Bonchev–Trinajstić information content (AvgIpc) is 3.18. The summed E-state index contributed by atoms with van der Waals surface area (Å²) >= 11 is 0. The number of carbonyl (C=O) groups excluding carboxylic acids is 1. The third-order valence-electron chi connectivity index (χ3n) is 5.99. The van der Waals surface area contributed by atoms with E-state index in [4.69, 9.17) is 9.84 Å². The normalized spacial score (nSPS) is 13.8. The van der Waals surface area contributed by atoms with E-state index < -0.39 is 0 Å². The Morgan fingerprint density at radius 3 is 2.75 bits per heavy atom. The molecule has 162 valence electrons. The van der Waals surface area contributed by atoms with Crippen molar-refractivity contribution >= 4 is 16.9 Å². The summed E-state index contributed by atoms with van der Waals surface area (Å²) in [7, 11) is 0.